The summed E-state index contributed by atoms with van der Waals surface area (Å²) in [4.78, 5) is 12.5. The number of hydrogen-bond donors (Lipinski definition) is 0. The number of fused-ring (bicyclic) bond motifs is 1. The molecule has 0 radical (unpaired) electrons. The highest BCUT2D eigenvalue weighted by Crippen LogP contribution is 2.26. The molecule has 0 N–H and O–H groups in total. The molecule has 2 aromatic heterocycles. The number of rotatable bonds is 3. The van der Waals surface area contributed by atoms with Gasteiger partial charge in [-0.25, -0.2) is 8.42 Å². The molecule has 0 aliphatic carbocycles. The van der Waals surface area contributed by atoms with Crippen LogP contribution in [0, 0.1) is 6.92 Å². The molecule has 2 heterocycles. The van der Waals surface area contributed by atoms with Crippen LogP contribution >= 0.6 is 11.3 Å². The minimum absolute atomic E-state index is 0.0623. The largest absolute Gasteiger partial charge is 0.463 e. The Hall–Kier alpha value is -2.06. The SMILES string of the molecule is CCS(=O)(=O)c1nnc(-c2coc3ccc(C)cc3c2=O)s1. The molecule has 0 unspecified atom stereocenters. The van der Waals surface area contributed by atoms with Crippen molar-refractivity contribution >= 4 is 32.1 Å². The molecule has 0 amide bonds. The lowest BCUT2D eigenvalue weighted by Gasteiger charge is -2.00. The summed E-state index contributed by atoms with van der Waals surface area (Å²) < 4.78 is 28.9. The Labute approximate surface area is 130 Å². The molecule has 0 spiro atoms. The summed E-state index contributed by atoms with van der Waals surface area (Å²) in [5, 5.41) is 8.17. The summed E-state index contributed by atoms with van der Waals surface area (Å²) in [7, 11) is -3.44. The van der Waals surface area contributed by atoms with Gasteiger partial charge in [-0.05, 0) is 19.1 Å². The third kappa shape index (κ3) is 2.44. The van der Waals surface area contributed by atoms with Gasteiger partial charge in [0.2, 0.25) is 19.6 Å². The van der Waals surface area contributed by atoms with Crippen LogP contribution in [0.4, 0.5) is 0 Å². The van der Waals surface area contributed by atoms with Crippen LogP contribution in [0.25, 0.3) is 21.5 Å². The average Bonchev–Trinajstić information content (AvgIpc) is 2.99. The standard InChI is InChI=1S/C14H12N2O4S2/c1-3-22(18,19)14-16-15-13(21-14)10-7-20-11-5-4-8(2)6-9(11)12(10)17/h4-7H,3H2,1-2H3. The predicted octanol–water partition coefficient (Wildman–Crippen LogP) is 2.41. The third-order valence-electron chi connectivity index (χ3n) is 3.21. The highest BCUT2D eigenvalue weighted by Gasteiger charge is 2.20. The number of benzene rings is 1. The maximum Gasteiger partial charge on any atom is 0.232 e. The third-order valence-corrected chi connectivity index (χ3v) is 6.35. The van der Waals surface area contributed by atoms with Crippen LogP contribution in [-0.2, 0) is 9.84 Å². The van der Waals surface area contributed by atoms with Gasteiger partial charge in [0.15, 0.2) is 5.01 Å². The lowest BCUT2D eigenvalue weighted by Crippen LogP contribution is -2.04. The van der Waals surface area contributed by atoms with E-state index in [-0.39, 0.29) is 26.1 Å². The first-order valence-corrected chi connectivity index (χ1v) is 8.98. The maximum atomic E-state index is 12.5. The fraction of sp³-hybridized carbons (Fsp3) is 0.214. The van der Waals surface area contributed by atoms with Crippen LogP contribution in [0.15, 0.2) is 38.0 Å². The number of nitrogens with zero attached hydrogens (tertiary/aromatic N) is 2. The van der Waals surface area contributed by atoms with E-state index in [1.165, 1.54) is 13.2 Å². The molecule has 3 rings (SSSR count). The number of sulfone groups is 1. The van der Waals surface area contributed by atoms with Gasteiger partial charge < -0.3 is 4.42 Å². The molecule has 0 fully saturated rings. The summed E-state index contributed by atoms with van der Waals surface area (Å²) in [6.45, 7) is 3.41. The van der Waals surface area contributed by atoms with E-state index < -0.39 is 9.84 Å². The molecular weight excluding hydrogens is 324 g/mol. The molecule has 1 aromatic carbocycles. The highest BCUT2D eigenvalue weighted by atomic mass is 32.2. The molecule has 114 valence electrons. The van der Waals surface area contributed by atoms with E-state index in [0.717, 1.165) is 16.9 Å². The molecule has 0 atom stereocenters. The lowest BCUT2D eigenvalue weighted by atomic mass is 10.1. The molecular formula is C14H12N2O4S2. The van der Waals surface area contributed by atoms with Crippen LogP contribution in [0.1, 0.15) is 12.5 Å². The number of aromatic nitrogens is 2. The van der Waals surface area contributed by atoms with Crippen LogP contribution < -0.4 is 5.43 Å². The molecule has 6 nitrogen and oxygen atoms in total. The Morgan fingerprint density at radius 2 is 2.05 bits per heavy atom. The van der Waals surface area contributed by atoms with Crippen LogP contribution in [0.5, 0.6) is 0 Å². The predicted molar refractivity (Wildman–Crippen MR) is 83.9 cm³/mol. The molecule has 0 bridgehead atoms. The number of hydrogen-bond acceptors (Lipinski definition) is 7. The van der Waals surface area contributed by atoms with Crippen LogP contribution in [0.2, 0.25) is 0 Å². The van der Waals surface area contributed by atoms with E-state index >= 15 is 0 Å². The minimum Gasteiger partial charge on any atom is -0.463 e. The first-order valence-electron chi connectivity index (χ1n) is 6.51. The molecule has 0 aliphatic heterocycles. The normalized spacial score (nSPS) is 11.9. The van der Waals surface area contributed by atoms with E-state index in [1.54, 1.807) is 12.1 Å². The Balaban J connectivity index is 2.19. The topological polar surface area (TPSA) is 90.1 Å². The minimum atomic E-state index is -3.44. The van der Waals surface area contributed by atoms with Crippen molar-refractivity contribution in [3.8, 4) is 10.6 Å². The monoisotopic (exact) mass is 336 g/mol. The van der Waals surface area contributed by atoms with Gasteiger partial charge in [-0.15, -0.1) is 10.2 Å². The van der Waals surface area contributed by atoms with E-state index in [9.17, 15) is 13.2 Å². The molecule has 0 saturated carbocycles. The summed E-state index contributed by atoms with van der Waals surface area (Å²) in [5.41, 5.74) is 1.38. The van der Waals surface area contributed by atoms with Gasteiger partial charge in [0, 0.05) is 0 Å². The summed E-state index contributed by atoms with van der Waals surface area (Å²) >= 11 is 0.874. The lowest BCUT2D eigenvalue weighted by molar-refractivity contribution is 0.595. The zero-order valence-electron chi connectivity index (χ0n) is 11.9. The Morgan fingerprint density at radius 3 is 2.77 bits per heavy atom. The van der Waals surface area contributed by atoms with E-state index in [4.69, 9.17) is 4.42 Å². The molecule has 3 aromatic rings. The second-order valence-corrected chi connectivity index (χ2v) is 8.18. The van der Waals surface area contributed by atoms with Crippen molar-refractivity contribution in [2.75, 3.05) is 5.75 Å². The zero-order valence-corrected chi connectivity index (χ0v) is 13.5. The van der Waals surface area contributed by atoms with Crippen molar-refractivity contribution in [3.63, 3.8) is 0 Å². The van der Waals surface area contributed by atoms with Crippen LogP contribution in [-0.4, -0.2) is 24.4 Å². The zero-order chi connectivity index (χ0) is 15.9. The summed E-state index contributed by atoms with van der Waals surface area (Å²) in [5.74, 6) is -0.0623. The van der Waals surface area contributed by atoms with Crippen LogP contribution in [0.3, 0.4) is 0 Å². The van der Waals surface area contributed by atoms with Crippen molar-refractivity contribution in [1.29, 1.82) is 0 Å². The van der Waals surface area contributed by atoms with Gasteiger partial charge >= 0.3 is 0 Å². The first-order chi connectivity index (χ1) is 10.4. The van der Waals surface area contributed by atoms with Gasteiger partial charge in [-0.2, -0.15) is 0 Å². The van der Waals surface area contributed by atoms with Gasteiger partial charge in [0.1, 0.15) is 11.8 Å². The van der Waals surface area contributed by atoms with Gasteiger partial charge in [-0.3, -0.25) is 4.79 Å². The van der Waals surface area contributed by atoms with Crippen molar-refractivity contribution in [3.05, 3.63) is 40.2 Å². The highest BCUT2D eigenvalue weighted by molar-refractivity contribution is 7.93. The summed E-state index contributed by atoms with van der Waals surface area (Å²) in [6, 6.07) is 5.31. The molecule has 0 saturated heterocycles. The molecule has 22 heavy (non-hydrogen) atoms. The van der Waals surface area contributed by atoms with Crippen molar-refractivity contribution in [2.45, 2.75) is 18.2 Å². The van der Waals surface area contributed by atoms with E-state index in [0.29, 0.717) is 11.0 Å². The van der Waals surface area contributed by atoms with Crippen molar-refractivity contribution < 1.29 is 12.8 Å². The Morgan fingerprint density at radius 1 is 1.27 bits per heavy atom. The second-order valence-electron chi connectivity index (χ2n) is 4.75. The molecule has 0 aliphatic rings. The van der Waals surface area contributed by atoms with Gasteiger partial charge in [0.25, 0.3) is 0 Å². The quantitative estimate of drug-likeness (QED) is 0.729. The average molecular weight is 336 g/mol. The van der Waals surface area contributed by atoms with Gasteiger partial charge in [0.05, 0.1) is 16.7 Å². The number of aryl methyl sites for hydroxylation is 1. The van der Waals surface area contributed by atoms with Crippen molar-refractivity contribution in [2.24, 2.45) is 0 Å². The Bertz CT molecular complexity index is 1020. The second kappa shape index (κ2) is 5.29. The first kappa shape index (κ1) is 14.9. The smallest absolute Gasteiger partial charge is 0.232 e. The van der Waals surface area contributed by atoms with E-state index in [2.05, 4.69) is 10.2 Å². The molecule has 8 heteroatoms. The summed E-state index contributed by atoms with van der Waals surface area (Å²) in [6.07, 6.45) is 1.29. The Kier molecular flexibility index (Phi) is 3.57. The van der Waals surface area contributed by atoms with Gasteiger partial charge in [-0.1, -0.05) is 29.9 Å². The van der Waals surface area contributed by atoms with Crippen molar-refractivity contribution in [1.82, 2.24) is 10.2 Å². The maximum absolute atomic E-state index is 12.5. The van der Waals surface area contributed by atoms with E-state index in [1.807, 2.05) is 13.0 Å². The fourth-order valence-electron chi connectivity index (χ4n) is 1.96. The fourth-order valence-corrected chi connectivity index (χ4v) is 4.05.